The smallest absolute Gasteiger partial charge is 0.322 e. The summed E-state index contributed by atoms with van der Waals surface area (Å²) in [7, 11) is 0. The number of rotatable bonds is 3. The summed E-state index contributed by atoms with van der Waals surface area (Å²) < 4.78 is 5.65. The second kappa shape index (κ2) is 5.04. The highest BCUT2D eigenvalue weighted by molar-refractivity contribution is 5.77. The van der Waals surface area contributed by atoms with E-state index in [9.17, 15) is 0 Å². The van der Waals surface area contributed by atoms with Gasteiger partial charge in [0.25, 0.3) is 0 Å². The van der Waals surface area contributed by atoms with Crippen LogP contribution in [0.25, 0.3) is 10.9 Å². The van der Waals surface area contributed by atoms with E-state index in [-0.39, 0.29) is 0 Å². The molecule has 0 spiro atoms. The Bertz CT molecular complexity index is 712. The third-order valence-electron chi connectivity index (χ3n) is 2.81. The average molecular weight is 251 g/mol. The molecule has 3 aromatic rings. The summed E-state index contributed by atoms with van der Waals surface area (Å²) in [5, 5.41) is 0.991. The molecule has 4 heteroatoms. The first-order chi connectivity index (χ1) is 9.35. The van der Waals surface area contributed by atoms with Gasteiger partial charge in [0.05, 0.1) is 5.52 Å². The molecule has 0 saturated carbocycles. The van der Waals surface area contributed by atoms with E-state index < -0.39 is 0 Å². The topological polar surface area (TPSA) is 61.0 Å². The van der Waals surface area contributed by atoms with Gasteiger partial charge in [-0.2, -0.15) is 4.98 Å². The number of para-hydroxylation sites is 1. The average Bonchev–Trinajstić information content (AvgIpc) is 2.47. The molecule has 0 amide bonds. The lowest BCUT2D eigenvalue weighted by Gasteiger charge is -2.05. The van der Waals surface area contributed by atoms with Gasteiger partial charge >= 0.3 is 6.01 Å². The van der Waals surface area contributed by atoms with Gasteiger partial charge in [-0.15, -0.1) is 0 Å². The van der Waals surface area contributed by atoms with Crippen LogP contribution in [0.2, 0.25) is 0 Å². The normalized spacial score (nSPS) is 10.6. The van der Waals surface area contributed by atoms with E-state index in [0.29, 0.717) is 18.3 Å². The second-order valence-electron chi connectivity index (χ2n) is 4.16. The predicted molar refractivity (Wildman–Crippen MR) is 73.9 cm³/mol. The molecule has 2 N–H and O–H groups in total. The Balaban J connectivity index is 1.92. The van der Waals surface area contributed by atoms with Crippen LogP contribution in [-0.4, -0.2) is 9.97 Å². The summed E-state index contributed by atoms with van der Waals surface area (Å²) in [4.78, 5) is 8.55. The Labute approximate surface area is 110 Å². The molecule has 3 rings (SSSR count). The molecule has 0 aliphatic rings. The van der Waals surface area contributed by atoms with Crippen molar-refractivity contribution in [2.75, 3.05) is 0 Å². The van der Waals surface area contributed by atoms with Gasteiger partial charge in [-0.3, -0.25) is 0 Å². The number of fused-ring (bicyclic) bond motifs is 1. The quantitative estimate of drug-likeness (QED) is 0.777. The highest BCUT2D eigenvalue weighted by atomic mass is 16.5. The highest BCUT2D eigenvalue weighted by Crippen LogP contribution is 2.20. The van der Waals surface area contributed by atoms with E-state index in [0.717, 1.165) is 16.5 Å². The van der Waals surface area contributed by atoms with Crippen LogP contribution in [0, 0.1) is 0 Å². The predicted octanol–water partition coefficient (Wildman–Crippen LogP) is 2.88. The fourth-order valence-electron chi connectivity index (χ4n) is 1.85. The molecule has 0 atom stereocenters. The molecule has 1 heterocycles. The van der Waals surface area contributed by atoms with Crippen LogP contribution in [0.5, 0.6) is 11.8 Å². The fraction of sp³-hybridized carbons (Fsp3) is 0.0667. The van der Waals surface area contributed by atoms with E-state index >= 15 is 0 Å². The minimum atomic E-state index is 0.341. The van der Waals surface area contributed by atoms with Crippen LogP contribution in [0.4, 0.5) is 0 Å². The van der Waals surface area contributed by atoms with E-state index in [2.05, 4.69) is 9.97 Å². The molecule has 0 fully saturated rings. The first-order valence-corrected chi connectivity index (χ1v) is 6.04. The van der Waals surface area contributed by atoms with Gasteiger partial charge in [-0.25, -0.2) is 4.98 Å². The minimum absolute atomic E-state index is 0.341. The van der Waals surface area contributed by atoms with Crippen molar-refractivity contribution < 1.29 is 4.74 Å². The zero-order valence-corrected chi connectivity index (χ0v) is 10.3. The highest BCUT2D eigenvalue weighted by Gasteiger charge is 2.02. The maximum atomic E-state index is 5.65. The minimum Gasteiger partial charge on any atom is -0.424 e. The number of hydrogen-bond donors (Lipinski definition) is 1. The van der Waals surface area contributed by atoms with Gasteiger partial charge < -0.3 is 10.5 Å². The van der Waals surface area contributed by atoms with Gasteiger partial charge in [0.2, 0.25) is 0 Å². The molecular weight excluding hydrogens is 238 g/mol. The van der Waals surface area contributed by atoms with Gasteiger partial charge in [-0.05, 0) is 23.8 Å². The number of nitrogens with two attached hydrogens (primary N) is 1. The molecule has 0 unspecified atom stereocenters. The van der Waals surface area contributed by atoms with Crippen LogP contribution in [0.15, 0.2) is 54.7 Å². The third-order valence-corrected chi connectivity index (χ3v) is 2.81. The maximum absolute atomic E-state index is 5.65. The molecule has 0 bridgehead atoms. The third kappa shape index (κ3) is 2.53. The molecule has 0 radical (unpaired) electrons. The molecule has 2 aromatic carbocycles. The van der Waals surface area contributed by atoms with E-state index in [1.807, 2.05) is 48.5 Å². The molecule has 1 aromatic heterocycles. The van der Waals surface area contributed by atoms with Crippen molar-refractivity contribution in [1.82, 2.24) is 9.97 Å². The SMILES string of the molecule is NCc1cccc(Oc2ncc3ccccc3n2)c1. The molecule has 19 heavy (non-hydrogen) atoms. The number of ether oxygens (including phenoxy) is 1. The number of benzene rings is 2. The van der Waals surface area contributed by atoms with E-state index in [1.165, 1.54) is 0 Å². The van der Waals surface area contributed by atoms with Crippen molar-refractivity contribution in [3.63, 3.8) is 0 Å². The molecule has 94 valence electrons. The Morgan fingerprint density at radius 2 is 1.95 bits per heavy atom. The van der Waals surface area contributed by atoms with Crippen LogP contribution in [0.3, 0.4) is 0 Å². The summed E-state index contributed by atoms with van der Waals surface area (Å²) in [5.41, 5.74) is 7.48. The van der Waals surface area contributed by atoms with Crippen LogP contribution >= 0.6 is 0 Å². The van der Waals surface area contributed by atoms with Crippen LogP contribution in [0.1, 0.15) is 5.56 Å². The zero-order valence-electron chi connectivity index (χ0n) is 10.3. The van der Waals surface area contributed by atoms with Crippen molar-refractivity contribution >= 4 is 10.9 Å². The summed E-state index contributed by atoms with van der Waals surface area (Å²) in [6.45, 7) is 0.482. The van der Waals surface area contributed by atoms with E-state index in [1.54, 1.807) is 6.20 Å². The molecule has 4 nitrogen and oxygen atoms in total. The first kappa shape index (κ1) is 11.6. The monoisotopic (exact) mass is 251 g/mol. The standard InChI is InChI=1S/C15H13N3O/c16-9-11-4-3-6-13(8-11)19-15-17-10-12-5-1-2-7-14(12)18-15/h1-8,10H,9,16H2. The van der Waals surface area contributed by atoms with Gasteiger partial charge in [-0.1, -0.05) is 30.3 Å². The molecular formula is C15H13N3O. The fourth-order valence-corrected chi connectivity index (χ4v) is 1.85. The Hall–Kier alpha value is -2.46. The lowest BCUT2D eigenvalue weighted by atomic mass is 10.2. The number of hydrogen-bond acceptors (Lipinski definition) is 4. The van der Waals surface area contributed by atoms with Crippen LogP contribution < -0.4 is 10.5 Å². The van der Waals surface area contributed by atoms with Gasteiger partial charge in [0, 0.05) is 18.1 Å². The molecule has 0 saturated heterocycles. The summed E-state index contributed by atoms with van der Waals surface area (Å²) in [5.74, 6) is 0.693. The van der Waals surface area contributed by atoms with Crippen molar-refractivity contribution in [3.05, 3.63) is 60.3 Å². The number of aromatic nitrogens is 2. The second-order valence-corrected chi connectivity index (χ2v) is 4.16. The summed E-state index contributed by atoms with van der Waals surface area (Å²) in [6, 6.07) is 15.7. The van der Waals surface area contributed by atoms with Crippen molar-refractivity contribution in [3.8, 4) is 11.8 Å². The lowest BCUT2D eigenvalue weighted by molar-refractivity contribution is 0.444. The Morgan fingerprint density at radius 1 is 1.05 bits per heavy atom. The van der Waals surface area contributed by atoms with E-state index in [4.69, 9.17) is 10.5 Å². The van der Waals surface area contributed by atoms with Gasteiger partial charge in [0.1, 0.15) is 5.75 Å². The summed E-state index contributed by atoms with van der Waals surface area (Å²) >= 11 is 0. The Kier molecular flexibility index (Phi) is 3.08. The number of nitrogens with zero attached hydrogens (tertiary/aromatic N) is 2. The summed E-state index contributed by atoms with van der Waals surface area (Å²) in [6.07, 6.45) is 1.75. The van der Waals surface area contributed by atoms with Crippen molar-refractivity contribution in [1.29, 1.82) is 0 Å². The Morgan fingerprint density at radius 3 is 2.84 bits per heavy atom. The molecule has 0 aliphatic carbocycles. The maximum Gasteiger partial charge on any atom is 0.322 e. The lowest BCUT2D eigenvalue weighted by Crippen LogP contribution is -1.97. The van der Waals surface area contributed by atoms with Gasteiger partial charge in [0.15, 0.2) is 0 Å². The van der Waals surface area contributed by atoms with Crippen molar-refractivity contribution in [2.24, 2.45) is 5.73 Å². The molecule has 0 aliphatic heterocycles. The van der Waals surface area contributed by atoms with Crippen LogP contribution in [-0.2, 0) is 6.54 Å². The van der Waals surface area contributed by atoms with Crippen molar-refractivity contribution in [2.45, 2.75) is 6.54 Å². The zero-order chi connectivity index (χ0) is 13.1. The first-order valence-electron chi connectivity index (χ1n) is 6.04. The largest absolute Gasteiger partial charge is 0.424 e.